The second-order valence-electron chi connectivity index (χ2n) is 8.24. The first-order chi connectivity index (χ1) is 13.0. The van der Waals surface area contributed by atoms with E-state index < -0.39 is 0 Å². The molecule has 1 aliphatic heterocycles. The van der Waals surface area contributed by atoms with Crippen LogP contribution in [0.1, 0.15) is 70.4 Å². The highest BCUT2D eigenvalue weighted by Crippen LogP contribution is 2.21. The number of aromatic nitrogens is 1. The molecule has 2 heterocycles. The van der Waals surface area contributed by atoms with Crippen LogP contribution in [0.15, 0.2) is 10.6 Å². The van der Waals surface area contributed by atoms with E-state index >= 15 is 0 Å². The van der Waals surface area contributed by atoms with Gasteiger partial charge >= 0.3 is 0 Å². The lowest BCUT2D eigenvalue weighted by Crippen LogP contribution is -2.47. The number of hydrogen-bond acceptors (Lipinski definition) is 5. The maximum absolute atomic E-state index is 12.6. The van der Waals surface area contributed by atoms with Crippen molar-refractivity contribution in [1.29, 1.82) is 0 Å². The minimum atomic E-state index is -0.130. The Labute approximate surface area is 161 Å². The SMILES string of the molecule is CC(C)c1cc(NC(=O)CN2CCCC(C(=O)NC3CCCCC3)C2)on1. The smallest absolute Gasteiger partial charge is 0.240 e. The van der Waals surface area contributed by atoms with Crippen molar-refractivity contribution in [2.75, 3.05) is 25.0 Å². The fraction of sp³-hybridized carbons (Fsp3) is 0.750. The first kappa shape index (κ1) is 19.9. The molecule has 1 unspecified atom stereocenters. The highest BCUT2D eigenvalue weighted by molar-refractivity contribution is 5.91. The Morgan fingerprint density at radius 3 is 2.70 bits per heavy atom. The summed E-state index contributed by atoms with van der Waals surface area (Å²) in [4.78, 5) is 27.0. The van der Waals surface area contributed by atoms with Crippen LogP contribution >= 0.6 is 0 Å². The third kappa shape index (κ3) is 5.79. The van der Waals surface area contributed by atoms with E-state index in [4.69, 9.17) is 4.52 Å². The molecule has 7 heteroatoms. The molecule has 1 saturated heterocycles. The van der Waals surface area contributed by atoms with Gasteiger partial charge in [-0.15, -0.1) is 0 Å². The quantitative estimate of drug-likeness (QED) is 0.797. The molecule has 1 atom stereocenters. The van der Waals surface area contributed by atoms with Gasteiger partial charge in [0.1, 0.15) is 0 Å². The maximum Gasteiger partial charge on any atom is 0.240 e. The van der Waals surface area contributed by atoms with Gasteiger partial charge in [0, 0.05) is 18.7 Å². The van der Waals surface area contributed by atoms with Crippen molar-refractivity contribution in [2.24, 2.45) is 5.92 Å². The zero-order chi connectivity index (χ0) is 19.2. The normalized spacial score (nSPS) is 22.0. The molecular weight excluding hydrogens is 344 g/mol. The number of nitrogens with zero attached hydrogens (tertiary/aromatic N) is 2. The molecule has 0 radical (unpaired) electrons. The lowest BCUT2D eigenvalue weighted by Gasteiger charge is -2.33. The molecule has 27 heavy (non-hydrogen) atoms. The van der Waals surface area contributed by atoms with E-state index in [1.165, 1.54) is 19.3 Å². The summed E-state index contributed by atoms with van der Waals surface area (Å²) in [6.07, 6.45) is 7.74. The molecule has 2 N–H and O–H groups in total. The zero-order valence-corrected chi connectivity index (χ0v) is 16.5. The summed E-state index contributed by atoms with van der Waals surface area (Å²) in [7, 11) is 0. The molecule has 2 amide bonds. The van der Waals surface area contributed by atoms with Crippen molar-refractivity contribution < 1.29 is 14.1 Å². The van der Waals surface area contributed by atoms with Gasteiger partial charge in [0.15, 0.2) is 0 Å². The minimum Gasteiger partial charge on any atom is -0.353 e. The summed E-state index contributed by atoms with van der Waals surface area (Å²) in [5.74, 6) is 0.641. The molecule has 3 rings (SSSR count). The molecular formula is C20H32N4O3. The molecule has 150 valence electrons. The first-order valence-electron chi connectivity index (χ1n) is 10.3. The van der Waals surface area contributed by atoms with Crippen molar-refractivity contribution in [3.05, 3.63) is 11.8 Å². The van der Waals surface area contributed by atoms with E-state index in [0.717, 1.165) is 37.9 Å². The third-order valence-corrected chi connectivity index (χ3v) is 5.58. The number of hydrogen-bond donors (Lipinski definition) is 2. The fourth-order valence-corrected chi connectivity index (χ4v) is 3.98. The zero-order valence-electron chi connectivity index (χ0n) is 16.5. The minimum absolute atomic E-state index is 0.0219. The van der Waals surface area contributed by atoms with Gasteiger partial charge in [-0.25, -0.2) is 0 Å². The average Bonchev–Trinajstić information content (AvgIpc) is 3.11. The van der Waals surface area contributed by atoms with Crippen LogP contribution in [-0.4, -0.2) is 47.5 Å². The van der Waals surface area contributed by atoms with Crippen LogP contribution in [0.25, 0.3) is 0 Å². The summed E-state index contributed by atoms with van der Waals surface area (Å²) in [5.41, 5.74) is 0.822. The number of amides is 2. The van der Waals surface area contributed by atoms with Crippen molar-refractivity contribution in [3.8, 4) is 0 Å². The summed E-state index contributed by atoms with van der Waals surface area (Å²) < 4.78 is 5.17. The van der Waals surface area contributed by atoms with Crippen LogP contribution in [0.2, 0.25) is 0 Å². The summed E-state index contributed by atoms with van der Waals surface area (Å²) >= 11 is 0. The fourth-order valence-electron chi connectivity index (χ4n) is 3.98. The number of carbonyl (C=O) groups excluding carboxylic acids is 2. The number of carbonyl (C=O) groups is 2. The van der Waals surface area contributed by atoms with Gasteiger partial charge in [0.25, 0.3) is 0 Å². The molecule has 1 aromatic heterocycles. The van der Waals surface area contributed by atoms with Gasteiger partial charge in [-0.3, -0.25) is 19.8 Å². The Bertz CT molecular complexity index is 637. The molecule has 1 saturated carbocycles. The predicted octanol–water partition coefficient (Wildman–Crippen LogP) is 2.90. The second-order valence-corrected chi connectivity index (χ2v) is 8.24. The highest BCUT2D eigenvalue weighted by atomic mass is 16.5. The highest BCUT2D eigenvalue weighted by Gasteiger charge is 2.28. The van der Waals surface area contributed by atoms with Crippen molar-refractivity contribution in [1.82, 2.24) is 15.4 Å². The molecule has 2 fully saturated rings. The van der Waals surface area contributed by atoms with Gasteiger partial charge in [0.05, 0.1) is 18.2 Å². The van der Waals surface area contributed by atoms with Gasteiger partial charge in [-0.1, -0.05) is 38.3 Å². The molecule has 0 aromatic carbocycles. The molecule has 0 spiro atoms. The molecule has 2 aliphatic rings. The predicted molar refractivity (Wildman–Crippen MR) is 103 cm³/mol. The summed E-state index contributed by atoms with van der Waals surface area (Å²) in [5, 5.41) is 9.94. The number of likely N-dealkylation sites (tertiary alicyclic amines) is 1. The largest absolute Gasteiger partial charge is 0.353 e. The van der Waals surface area contributed by atoms with Crippen LogP contribution in [0.3, 0.4) is 0 Å². The third-order valence-electron chi connectivity index (χ3n) is 5.58. The Morgan fingerprint density at radius 2 is 2.00 bits per heavy atom. The number of rotatable bonds is 6. The van der Waals surface area contributed by atoms with Crippen LogP contribution in [0, 0.1) is 5.92 Å². The monoisotopic (exact) mass is 376 g/mol. The average molecular weight is 377 g/mol. The molecule has 0 bridgehead atoms. The number of piperidine rings is 1. The van der Waals surface area contributed by atoms with Crippen LogP contribution in [0.5, 0.6) is 0 Å². The van der Waals surface area contributed by atoms with Crippen LogP contribution in [0.4, 0.5) is 5.88 Å². The van der Waals surface area contributed by atoms with Gasteiger partial charge < -0.3 is 9.84 Å². The van der Waals surface area contributed by atoms with Crippen molar-refractivity contribution >= 4 is 17.7 Å². The second kappa shape index (κ2) is 9.35. The molecule has 1 aliphatic carbocycles. The van der Waals surface area contributed by atoms with Crippen molar-refractivity contribution in [3.63, 3.8) is 0 Å². The van der Waals surface area contributed by atoms with E-state index in [-0.39, 0.29) is 30.2 Å². The van der Waals surface area contributed by atoms with Crippen molar-refractivity contribution in [2.45, 2.75) is 70.8 Å². The maximum atomic E-state index is 12.6. The Kier molecular flexibility index (Phi) is 6.88. The van der Waals surface area contributed by atoms with Gasteiger partial charge in [0.2, 0.25) is 17.7 Å². The van der Waals surface area contributed by atoms with E-state index in [1.54, 1.807) is 6.07 Å². The molecule has 1 aromatic rings. The van der Waals surface area contributed by atoms with E-state index in [2.05, 4.69) is 20.7 Å². The van der Waals surface area contributed by atoms with Crippen LogP contribution in [-0.2, 0) is 9.59 Å². The first-order valence-corrected chi connectivity index (χ1v) is 10.3. The van der Waals surface area contributed by atoms with Gasteiger partial charge in [-0.05, 0) is 38.1 Å². The Morgan fingerprint density at radius 1 is 1.22 bits per heavy atom. The number of nitrogens with one attached hydrogen (secondary N) is 2. The number of anilines is 1. The lowest BCUT2D eigenvalue weighted by atomic mass is 9.93. The van der Waals surface area contributed by atoms with Gasteiger partial charge in [-0.2, -0.15) is 0 Å². The Hall–Kier alpha value is -1.89. The van der Waals surface area contributed by atoms with Crippen LogP contribution < -0.4 is 10.6 Å². The molecule has 7 nitrogen and oxygen atoms in total. The summed E-state index contributed by atoms with van der Waals surface area (Å²) in [6.45, 7) is 5.80. The standard InChI is InChI=1S/C20H32N4O3/c1-14(2)17-11-19(27-23-17)22-18(25)13-24-10-6-7-15(12-24)20(26)21-16-8-4-3-5-9-16/h11,14-16H,3-10,12-13H2,1-2H3,(H,21,26)(H,22,25). The van der Waals surface area contributed by atoms with E-state index in [1.807, 2.05) is 13.8 Å². The summed E-state index contributed by atoms with van der Waals surface area (Å²) in [6, 6.07) is 2.10. The Balaban J connectivity index is 1.45. The van der Waals surface area contributed by atoms with E-state index in [0.29, 0.717) is 18.5 Å². The van der Waals surface area contributed by atoms with E-state index in [9.17, 15) is 9.59 Å². The topological polar surface area (TPSA) is 87.5 Å². The lowest BCUT2D eigenvalue weighted by molar-refractivity contribution is -0.128.